The van der Waals surface area contributed by atoms with Crippen molar-refractivity contribution in [2.24, 2.45) is 0 Å². The minimum absolute atomic E-state index is 0.657. The summed E-state index contributed by atoms with van der Waals surface area (Å²) in [4.78, 5) is 0. The summed E-state index contributed by atoms with van der Waals surface area (Å²) in [5.74, 6) is 0. The SMILES string of the molecule is CCCCCCCCCCC1=C(CCCCCCCCCC)C(CCCCCCCCCC)[N+](CCCCCCCCCC)(Cc2ccccc2)C(CCCCCCCCCC)=C1CCCCCCCCCC. The van der Waals surface area contributed by atoms with Gasteiger partial charge in [0.2, 0.25) is 0 Å². The summed E-state index contributed by atoms with van der Waals surface area (Å²) in [5.41, 5.74) is 9.53. The molecule has 0 saturated carbocycles. The Kier molecular flexibility index (Phi) is 46.6. The maximum atomic E-state index is 2.55. The Morgan fingerprint density at radius 2 is 0.589 bits per heavy atom. The minimum Gasteiger partial charge on any atom is -0.285 e. The highest BCUT2D eigenvalue weighted by Gasteiger charge is 2.47. The summed E-state index contributed by atoms with van der Waals surface area (Å²) in [6, 6.07) is 12.8. The van der Waals surface area contributed by atoms with Crippen molar-refractivity contribution in [3.05, 3.63) is 58.3 Å². The van der Waals surface area contributed by atoms with Crippen LogP contribution in [-0.4, -0.2) is 17.1 Å². The highest BCUT2D eigenvalue weighted by molar-refractivity contribution is 5.42. The Hall–Kier alpha value is -1.34. The fourth-order valence-corrected chi connectivity index (χ4v) is 13.3. The van der Waals surface area contributed by atoms with E-state index in [0.29, 0.717) is 6.04 Å². The zero-order valence-corrected chi connectivity index (χ0v) is 51.3. The van der Waals surface area contributed by atoms with Crippen molar-refractivity contribution < 1.29 is 4.48 Å². The Bertz CT molecular complexity index is 1370. The molecule has 0 radical (unpaired) electrons. The van der Waals surface area contributed by atoms with E-state index in [1.807, 2.05) is 22.4 Å². The molecular weight excluding hydrogens is 879 g/mol. The first-order chi connectivity index (χ1) is 36.1. The molecule has 1 aliphatic rings. The lowest BCUT2D eigenvalue weighted by Crippen LogP contribution is -2.57. The van der Waals surface area contributed by atoms with Crippen molar-refractivity contribution in [3.8, 4) is 0 Å². The number of quaternary nitrogens is 1. The highest BCUT2D eigenvalue weighted by Crippen LogP contribution is 2.49. The van der Waals surface area contributed by atoms with Crippen LogP contribution in [0.25, 0.3) is 0 Å². The van der Waals surface area contributed by atoms with E-state index in [-0.39, 0.29) is 0 Å². The first-order valence-electron chi connectivity index (χ1n) is 34.5. The molecule has 0 aliphatic carbocycles. The molecule has 2 rings (SSSR count). The normalized spacial score (nSPS) is 16.2. The van der Waals surface area contributed by atoms with Crippen LogP contribution < -0.4 is 0 Å². The van der Waals surface area contributed by atoms with Crippen molar-refractivity contribution in [3.63, 3.8) is 0 Å². The molecule has 1 heteroatoms. The van der Waals surface area contributed by atoms with Gasteiger partial charge >= 0.3 is 0 Å². The van der Waals surface area contributed by atoms with E-state index in [4.69, 9.17) is 0 Å². The highest BCUT2D eigenvalue weighted by atomic mass is 15.4. The Labute approximate surface area is 461 Å². The molecule has 0 aromatic heterocycles. The molecule has 0 fully saturated rings. The second kappa shape index (κ2) is 50.2. The van der Waals surface area contributed by atoms with E-state index >= 15 is 0 Å². The summed E-state index contributed by atoms with van der Waals surface area (Å²) in [7, 11) is 0. The van der Waals surface area contributed by atoms with Gasteiger partial charge in [-0.1, -0.05) is 335 Å². The van der Waals surface area contributed by atoms with E-state index in [0.717, 1.165) is 0 Å². The fraction of sp³-hybridized carbons (Fsp3) is 0.861. The second-order valence-corrected chi connectivity index (χ2v) is 24.5. The molecule has 1 nitrogen and oxygen atoms in total. The van der Waals surface area contributed by atoms with Crippen LogP contribution in [0.15, 0.2) is 52.7 Å². The van der Waals surface area contributed by atoms with E-state index in [1.165, 1.54) is 358 Å². The van der Waals surface area contributed by atoms with Gasteiger partial charge in [-0.2, -0.15) is 0 Å². The quantitative estimate of drug-likeness (QED) is 0.0451. The van der Waals surface area contributed by atoms with Gasteiger partial charge in [-0.3, -0.25) is 4.48 Å². The molecule has 0 bridgehead atoms. The summed E-state index contributed by atoms with van der Waals surface area (Å²) >= 11 is 0. The molecule has 0 amide bonds. The van der Waals surface area contributed by atoms with Crippen molar-refractivity contribution in [1.29, 1.82) is 0 Å². The number of allylic oxidation sites excluding steroid dienone is 3. The number of hydrogen-bond acceptors (Lipinski definition) is 0. The van der Waals surface area contributed by atoms with E-state index < -0.39 is 0 Å². The van der Waals surface area contributed by atoms with Crippen LogP contribution in [0.2, 0.25) is 0 Å². The van der Waals surface area contributed by atoms with Gasteiger partial charge in [0.05, 0.1) is 6.54 Å². The smallest absolute Gasteiger partial charge is 0.116 e. The number of hydrogen-bond donors (Lipinski definition) is 0. The lowest BCUT2D eigenvalue weighted by Gasteiger charge is -2.52. The molecule has 1 aliphatic heterocycles. The van der Waals surface area contributed by atoms with E-state index in [9.17, 15) is 0 Å². The summed E-state index contributed by atoms with van der Waals surface area (Å²) < 4.78 is 1.30. The summed E-state index contributed by atoms with van der Waals surface area (Å²) in [6.45, 7) is 16.8. The summed E-state index contributed by atoms with van der Waals surface area (Å²) in [6.07, 6.45) is 75.2. The molecule has 1 aromatic carbocycles. The third kappa shape index (κ3) is 32.9. The first kappa shape index (κ1) is 67.8. The van der Waals surface area contributed by atoms with Crippen LogP contribution in [0, 0.1) is 0 Å². The standard InChI is InChI=1S/C72H134N/c1-7-13-19-25-31-37-43-52-60-68-69(61-53-44-38-32-26-20-14-8-2)71(63-55-46-40-34-28-22-16-10-4)73(66-67-58-50-49-51-59-67,65-57-48-42-36-30-24-18-12-6)72(64-56-47-41-35-29-23-17-11-5)70(68)62-54-45-39-33-27-21-15-9-3/h49-51,58-59,71H,7-48,52-57,60-66H2,1-6H3/q+1. The molecule has 2 unspecified atom stereocenters. The zero-order chi connectivity index (χ0) is 52.4. The molecular formula is C72H134N+. The van der Waals surface area contributed by atoms with Crippen molar-refractivity contribution >= 4 is 0 Å². The van der Waals surface area contributed by atoms with Gasteiger partial charge in [0.1, 0.15) is 18.3 Å². The number of nitrogens with zero attached hydrogens (tertiary/aromatic N) is 1. The fourth-order valence-electron chi connectivity index (χ4n) is 13.3. The topological polar surface area (TPSA) is 0 Å². The summed E-state index contributed by atoms with van der Waals surface area (Å²) in [5, 5.41) is 0. The van der Waals surface area contributed by atoms with Crippen LogP contribution in [0.3, 0.4) is 0 Å². The molecule has 426 valence electrons. The van der Waals surface area contributed by atoms with Crippen LogP contribution in [0.1, 0.15) is 387 Å². The van der Waals surface area contributed by atoms with Gasteiger partial charge in [0, 0.05) is 24.0 Å². The van der Waals surface area contributed by atoms with E-state index in [1.54, 1.807) is 5.56 Å². The Morgan fingerprint density at radius 1 is 0.288 bits per heavy atom. The molecule has 73 heavy (non-hydrogen) atoms. The van der Waals surface area contributed by atoms with Crippen molar-refractivity contribution in [2.45, 2.75) is 394 Å². The maximum Gasteiger partial charge on any atom is 0.116 e. The first-order valence-corrected chi connectivity index (χ1v) is 34.5. The van der Waals surface area contributed by atoms with Crippen molar-refractivity contribution in [1.82, 2.24) is 0 Å². The molecule has 0 saturated heterocycles. The van der Waals surface area contributed by atoms with Gasteiger partial charge in [-0.15, -0.1) is 0 Å². The van der Waals surface area contributed by atoms with Crippen LogP contribution in [-0.2, 0) is 6.54 Å². The maximum absolute atomic E-state index is 2.55. The lowest BCUT2D eigenvalue weighted by molar-refractivity contribution is -0.927. The predicted octanol–water partition coefficient (Wildman–Crippen LogP) is 25.7. The number of benzene rings is 1. The van der Waals surface area contributed by atoms with Crippen molar-refractivity contribution in [2.75, 3.05) is 6.54 Å². The molecule has 0 spiro atoms. The molecule has 0 N–H and O–H groups in total. The number of rotatable bonds is 56. The molecule has 1 heterocycles. The molecule has 2 atom stereocenters. The van der Waals surface area contributed by atoms with Gasteiger partial charge < -0.3 is 0 Å². The van der Waals surface area contributed by atoms with Crippen LogP contribution in [0.4, 0.5) is 0 Å². The lowest BCUT2D eigenvalue weighted by atomic mass is 9.76. The Morgan fingerprint density at radius 3 is 0.973 bits per heavy atom. The molecule has 1 aromatic rings. The zero-order valence-electron chi connectivity index (χ0n) is 51.3. The predicted molar refractivity (Wildman–Crippen MR) is 332 cm³/mol. The second-order valence-electron chi connectivity index (χ2n) is 24.5. The third-order valence-electron chi connectivity index (χ3n) is 17.8. The van der Waals surface area contributed by atoms with Gasteiger partial charge in [-0.25, -0.2) is 0 Å². The Balaban J connectivity index is 2.83. The van der Waals surface area contributed by atoms with Gasteiger partial charge in [0.15, 0.2) is 0 Å². The van der Waals surface area contributed by atoms with E-state index in [2.05, 4.69) is 71.9 Å². The van der Waals surface area contributed by atoms with Gasteiger partial charge in [0.25, 0.3) is 0 Å². The average molecular weight is 1010 g/mol. The number of unbranched alkanes of at least 4 members (excludes halogenated alkanes) is 42. The average Bonchev–Trinajstić information content (AvgIpc) is 3.40. The van der Waals surface area contributed by atoms with Gasteiger partial charge in [-0.05, 0) is 75.4 Å². The monoisotopic (exact) mass is 1010 g/mol. The largest absolute Gasteiger partial charge is 0.285 e. The van der Waals surface area contributed by atoms with Crippen LogP contribution in [0.5, 0.6) is 0 Å². The third-order valence-corrected chi connectivity index (χ3v) is 17.8. The van der Waals surface area contributed by atoms with Crippen LogP contribution >= 0.6 is 0 Å². The minimum atomic E-state index is 0.657.